The summed E-state index contributed by atoms with van der Waals surface area (Å²) in [6, 6.07) is 18.0. The number of hydrogen-bond donors (Lipinski definition) is 1. The van der Waals surface area contributed by atoms with Gasteiger partial charge >= 0.3 is 0 Å². The third-order valence-corrected chi connectivity index (χ3v) is 3.15. The summed E-state index contributed by atoms with van der Waals surface area (Å²) in [5, 5.41) is 0.871. The molecule has 15 heavy (non-hydrogen) atoms. The molecule has 0 bridgehead atoms. The topological polar surface area (TPSA) is 0 Å². The van der Waals surface area contributed by atoms with Crippen LogP contribution in [0.25, 0.3) is 0 Å². The second kappa shape index (κ2) is 4.73. The second-order valence-electron chi connectivity index (χ2n) is 3.36. The predicted octanol–water partition coefficient (Wildman–Crippen LogP) is 4.36. The van der Waals surface area contributed by atoms with E-state index in [4.69, 9.17) is 11.6 Å². The van der Waals surface area contributed by atoms with Crippen molar-refractivity contribution in [3.8, 4) is 0 Å². The first-order valence-corrected chi connectivity index (χ1v) is 5.65. The molecule has 0 saturated carbocycles. The monoisotopic (exact) mass is 234 g/mol. The molecule has 2 rings (SSSR count). The molecule has 0 aliphatic carbocycles. The minimum atomic E-state index is 0.114. The van der Waals surface area contributed by atoms with Crippen LogP contribution in [0.3, 0.4) is 0 Å². The second-order valence-corrected chi connectivity index (χ2v) is 4.32. The third kappa shape index (κ3) is 2.55. The predicted molar refractivity (Wildman–Crippen MR) is 68.7 cm³/mol. The lowest BCUT2D eigenvalue weighted by Gasteiger charge is -2.11. The Labute approximate surface area is 100 Å². The maximum atomic E-state index is 5.84. The van der Waals surface area contributed by atoms with Gasteiger partial charge in [-0.15, -0.1) is 0 Å². The Morgan fingerprint density at radius 1 is 0.800 bits per heavy atom. The molecule has 0 spiro atoms. The summed E-state index contributed by atoms with van der Waals surface area (Å²) in [6.07, 6.45) is 0. The minimum absolute atomic E-state index is 0.114. The first-order valence-electron chi connectivity index (χ1n) is 4.76. The Kier molecular flexibility index (Phi) is 3.34. The van der Waals surface area contributed by atoms with Gasteiger partial charge in [-0.2, -0.15) is 12.6 Å². The van der Waals surface area contributed by atoms with Crippen molar-refractivity contribution < 1.29 is 0 Å². The number of halogens is 1. The van der Waals surface area contributed by atoms with Gasteiger partial charge in [0.2, 0.25) is 0 Å². The molecule has 0 aliphatic heterocycles. The minimum Gasteiger partial charge on any atom is -0.166 e. The molecule has 0 saturated heterocycles. The molecule has 2 heteroatoms. The highest BCUT2D eigenvalue weighted by Gasteiger charge is 2.07. The maximum absolute atomic E-state index is 5.84. The standard InChI is InChI=1S/C13H11ClS/c14-12-8-6-11(7-9-12)13(15)10-4-2-1-3-5-10/h1-9,13,15H/t13-/m0/s1. The summed E-state index contributed by atoms with van der Waals surface area (Å²) in [7, 11) is 0. The van der Waals surface area contributed by atoms with Gasteiger partial charge in [0.05, 0.1) is 5.25 Å². The van der Waals surface area contributed by atoms with Crippen LogP contribution in [0, 0.1) is 0 Å². The van der Waals surface area contributed by atoms with E-state index < -0.39 is 0 Å². The quantitative estimate of drug-likeness (QED) is 0.734. The fraction of sp³-hybridized carbons (Fsp3) is 0.0769. The average Bonchev–Trinajstić information content (AvgIpc) is 2.30. The van der Waals surface area contributed by atoms with Gasteiger partial charge in [0.1, 0.15) is 0 Å². The van der Waals surface area contributed by atoms with Crippen LogP contribution in [0.5, 0.6) is 0 Å². The lowest BCUT2D eigenvalue weighted by atomic mass is 10.0. The van der Waals surface area contributed by atoms with Gasteiger partial charge in [0, 0.05) is 5.02 Å². The molecule has 0 unspecified atom stereocenters. The lowest BCUT2D eigenvalue weighted by molar-refractivity contribution is 1.17. The van der Waals surface area contributed by atoms with Crippen molar-refractivity contribution in [2.45, 2.75) is 5.25 Å². The first kappa shape index (κ1) is 10.6. The van der Waals surface area contributed by atoms with E-state index in [1.807, 2.05) is 42.5 Å². The Morgan fingerprint density at radius 3 is 1.93 bits per heavy atom. The SMILES string of the molecule is S[C@@H](c1ccccc1)c1ccc(Cl)cc1. The van der Waals surface area contributed by atoms with Gasteiger partial charge in [-0.3, -0.25) is 0 Å². The van der Waals surface area contributed by atoms with Crippen molar-refractivity contribution >= 4 is 24.2 Å². The van der Waals surface area contributed by atoms with Crippen molar-refractivity contribution in [2.75, 3.05) is 0 Å². The number of hydrogen-bond acceptors (Lipinski definition) is 1. The molecule has 0 N–H and O–H groups in total. The van der Waals surface area contributed by atoms with E-state index in [0.717, 1.165) is 10.6 Å². The number of benzene rings is 2. The molecule has 0 heterocycles. The van der Waals surface area contributed by atoms with Crippen LogP contribution in [-0.2, 0) is 0 Å². The lowest BCUT2D eigenvalue weighted by Crippen LogP contribution is -1.92. The van der Waals surface area contributed by atoms with E-state index in [-0.39, 0.29) is 5.25 Å². The van der Waals surface area contributed by atoms with Crippen LogP contribution >= 0.6 is 24.2 Å². The van der Waals surface area contributed by atoms with Crippen LogP contribution in [0.15, 0.2) is 54.6 Å². The maximum Gasteiger partial charge on any atom is 0.0516 e. The van der Waals surface area contributed by atoms with Crippen molar-refractivity contribution in [1.82, 2.24) is 0 Å². The van der Waals surface area contributed by atoms with Crippen molar-refractivity contribution in [3.05, 3.63) is 70.7 Å². The summed E-state index contributed by atoms with van der Waals surface area (Å²) >= 11 is 10.4. The Balaban J connectivity index is 2.29. The smallest absolute Gasteiger partial charge is 0.0516 e. The zero-order valence-electron chi connectivity index (χ0n) is 8.10. The molecule has 0 amide bonds. The largest absolute Gasteiger partial charge is 0.166 e. The van der Waals surface area contributed by atoms with E-state index >= 15 is 0 Å². The van der Waals surface area contributed by atoms with Gasteiger partial charge in [-0.25, -0.2) is 0 Å². The van der Waals surface area contributed by atoms with Crippen molar-refractivity contribution in [3.63, 3.8) is 0 Å². The van der Waals surface area contributed by atoms with Gasteiger partial charge in [-0.1, -0.05) is 54.1 Å². The zero-order chi connectivity index (χ0) is 10.7. The summed E-state index contributed by atoms with van der Waals surface area (Å²) in [6.45, 7) is 0. The van der Waals surface area contributed by atoms with E-state index in [1.54, 1.807) is 0 Å². The van der Waals surface area contributed by atoms with Crippen LogP contribution in [0.1, 0.15) is 16.4 Å². The Bertz CT molecular complexity index is 422. The van der Waals surface area contributed by atoms with Crippen LogP contribution in [-0.4, -0.2) is 0 Å². The average molecular weight is 235 g/mol. The summed E-state index contributed by atoms with van der Waals surface area (Å²) < 4.78 is 0. The van der Waals surface area contributed by atoms with Crippen molar-refractivity contribution in [2.24, 2.45) is 0 Å². The molecule has 0 aliphatic rings. The van der Waals surface area contributed by atoms with Gasteiger partial charge < -0.3 is 0 Å². The van der Waals surface area contributed by atoms with Gasteiger partial charge in [0.15, 0.2) is 0 Å². The molecule has 0 aromatic heterocycles. The van der Waals surface area contributed by atoms with Crippen molar-refractivity contribution in [1.29, 1.82) is 0 Å². The highest BCUT2D eigenvalue weighted by molar-refractivity contribution is 7.80. The Hall–Kier alpha value is -0.920. The molecule has 0 fully saturated rings. The molecule has 2 aromatic carbocycles. The molecular formula is C13H11ClS. The van der Waals surface area contributed by atoms with E-state index in [2.05, 4.69) is 24.8 Å². The van der Waals surface area contributed by atoms with Gasteiger partial charge in [-0.05, 0) is 23.3 Å². The van der Waals surface area contributed by atoms with E-state index in [1.165, 1.54) is 5.56 Å². The molecule has 2 aromatic rings. The highest BCUT2D eigenvalue weighted by Crippen LogP contribution is 2.28. The summed E-state index contributed by atoms with van der Waals surface area (Å²) in [4.78, 5) is 0. The highest BCUT2D eigenvalue weighted by atomic mass is 35.5. The molecule has 1 atom stereocenters. The zero-order valence-corrected chi connectivity index (χ0v) is 9.75. The number of thiol groups is 1. The summed E-state index contributed by atoms with van der Waals surface area (Å²) in [5.74, 6) is 0. The molecular weight excluding hydrogens is 224 g/mol. The molecule has 0 nitrogen and oxygen atoms in total. The molecule has 76 valence electrons. The van der Waals surface area contributed by atoms with Crippen LogP contribution < -0.4 is 0 Å². The normalized spacial score (nSPS) is 12.4. The summed E-state index contributed by atoms with van der Waals surface area (Å²) in [5.41, 5.74) is 2.36. The van der Waals surface area contributed by atoms with E-state index in [0.29, 0.717) is 0 Å². The fourth-order valence-corrected chi connectivity index (χ4v) is 1.94. The van der Waals surface area contributed by atoms with Crippen LogP contribution in [0.4, 0.5) is 0 Å². The third-order valence-electron chi connectivity index (χ3n) is 2.30. The fourth-order valence-electron chi connectivity index (χ4n) is 1.47. The van der Waals surface area contributed by atoms with Crippen LogP contribution in [0.2, 0.25) is 5.02 Å². The van der Waals surface area contributed by atoms with Gasteiger partial charge in [0.25, 0.3) is 0 Å². The number of rotatable bonds is 2. The first-order chi connectivity index (χ1) is 7.27. The molecule has 0 radical (unpaired) electrons. The van der Waals surface area contributed by atoms with E-state index in [9.17, 15) is 0 Å². The Morgan fingerprint density at radius 2 is 1.33 bits per heavy atom.